The van der Waals surface area contributed by atoms with Gasteiger partial charge in [0, 0.05) is 45.1 Å². The van der Waals surface area contributed by atoms with Crippen LogP contribution < -0.4 is 52.5 Å². The first-order valence-corrected chi connectivity index (χ1v) is 31.3. The lowest BCUT2D eigenvalue weighted by Crippen LogP contribution is -2.61. The zero-order valence-corrected chi connectivity index (χ0v) is 52.8. The van der Waals surface area contributed by atoms with Gasteiger partial charge in [-0.05, 0) is 80.0 Å². The minimum Gasteiger partial charge on any atom is -0.481 e. The van der Waals surface area contributed by atoms with E-state index in [1.54, 1.807) is 51.1 Å². The lowest BCUT2D eigenvalue weighted by molar-refractivity contribution is -0.144. The average molecular weight is 1350 g/mol. The van der Waals surface area contributed by atoms with Crippen molar-refractivity contribution in [2.24, 2.45) is 17.6 Å². The van der Waals surface area contributed by atoms with Crippen molar-refractivity contribution in [2.45, 2.75) is 184 Å². The van der Waals surface area contributed by atoms with Crippen LogP contribution in [0, 0.1) is 11.8 Å². The smallest absolute Gasteiger partial charge is 0.446 e. The molecule has 2 aromatic rings. The number of carbonyl (C=O) groups excluding carboxylic acids is 10. The van der Waals surface area contributed by atoms with Crippen molar-refractivity contribution >= 4 is 99.7 Å². The molecule has 94 heavy (non-hydrogen) atoms. The van der Waals surface area contributed by atoms with Crippen molar-refractivity contribution in [1.82, 2.24) is 47.4 Å². The lowest BCUT2D eigenvalue weighted by atomic mass is 9.96. The molecule has 0 unspecified atom stereocenters. The van der Waals surface area contributed by atoms with E-state index in [2.05, 4.69) is 46.7 Å². The maximum Gasteiger partial charge on any atom is 0.446 e. The van der Waals surface area contributed by atoms with Gasteiger partial charge in [0.05, 0.1) is 18.5 Å². The number of amides is 9. The molecule has 3 rings (SSSR count). The van der Waals surface area contributed by atoms with Crippen molar-refractivity contribution in [3.05, 3.63) is 65.7 Å². The normalized spacial score (nSPS) is 16.0. The number of carbonyl (C=O) groups is 15. The Balaban J connectivity index is 1.95. The second kappa shape index (κ2) is 38.4. The molecule has 0 aromatic heterocycles. The van der Waals surface area contributed by atoms with Crippen molar-refractivity contribution in [2.75, 3.05) is 6.54 Å². The fourth-order valence-electron chi connectivity index (χ4n) is 9.73. The highest BCUT2D eigenvalue weighted by Crippen LogP contribution is 2.23. The molecule has 9 amide bonds. The van der Waals surface area contributed by atoms with Crippen LogP contribution in [0.2, 0.25) is 0 Å². The highest BCUT2D eigenvalue weighted by Gasteiger charge is 2.42. The van der Waals surface area contributed by atoms with Crippen molar-refractivity contribution in [1.29, 1.82) is 0 Å². The van der Waals surface area contributed by atoms with Crippen molar-refractivity contribution in [3.8, 4) is 5.75 Å². The van der Waals surface area contributed by atoms with Gasteiger partial charge in [-0.3, -0.25) is 71.7 Å². The molecule has 1 heterocycles. The molecule has 518 valence electrons. The van der Waals surface area contributed by atoms with Crippen molar-refractivity contribution in [3.63, 3.8) is 0 Å². The van der Waals surface area contributed by atoms with Crippen molar-refractivity contribution < 1.29 is 115 Å². The number of carboxylic acids is 5. The first-order chi connectivity index (χ1) is 44.1. The number of nitrogens with one attached hydrogen (secondary N) is 8. The van der Waals surface area contributed by atoms with Crippen LogP contribution in [0.5, 0.6) is 5.75 Å². The minimum absolute atomic E-state index is 0.0801. The molecular weight excluding hydrogens is 1260 g/mol. The number of carboxylic acid groups (broad SMARTS) is 5. The number of rotatable bonds is 42. The molecular formula is C59H82N10O24S. The van der Waals surface area contributed by atoms with E-state index in [0.29, 0.717) is 11.8 Å². The van der Waals surface area contributed by atoms with E-state index in [1.807, 2.05) is 0 Å². The van der Waals surface area contributed by atoms with E-state index in [-0.39, 0.29) is 62.3 Å². The topological polar surface area (TPSA) is 546 Å². The van der Waals surface area contributed by atoms with Gasteiger partial charge >= 0.3 is 40.2 Å². The van der Waals surface area contributed by atoms with E-state index < -0.39 is 218 Å². The SMILES string of the molecule is CC[C@H](C)[C@H](NC(=O)[C@H](CCC(=O)O)NC(=O)[C@H](CCC(=O)O)NC(=O)[C@H](Cc1ccccc1)NC(=O)[C@@H](N)CC(=O)O)C(=O)N1CCC[C@H]1C(=O)N[C@@H](CCC(=O)O)C(=O)N[C@@H](CCC(=O)O)C(=O)N[C@@H](Cc1ccc(OS(=O)(=O)O)cc1)C(=O)N[C@H](C=O)CC(C)C. The Morgan fingerprint density at radius 2 is 0.968 bits per heavy atom. The zero-order valence-electron chi connectivity index (χ0n) is 52.0. The molecule has 1 aliphatic rings. The predicted octanol–water partition coefficient (Wildman–Crippen LogP) is -1.92. The van der Waals surface area contributed by atoms with Crippen LogP contribution in [-0.2, 0) is 95.2 Å². The van der Waals surface area contributed by atoms with E-state index in [4.69, 9.17) is 10.3 Å². The summed E-state index contributed by atoms with van der Waals surface area (Å²) in [6.45, 7) is 6.54. The second-order valence-electron chi connectivity index (χ2n) is 22.8. The van der Waals surface area contributed by atoms with Crippen LogP contribution in [0.15, 0.2) is 54.6 Å². The Kier molecular flexibility index (Phi) is 32.1. The Labute approximate surface area is 539 Å². The maximum atomic E-state index is 14.7. The van der Waals surface area contributed by atoms with Gasteiger partial charge in [-0.1, -0.05) is 76.6 Å². The number of hydrogen-bond acceptors (Lipinski definition) is 19. The van der Waals surface area contributed by atoms with Gasteiger partial charge < -0.3 is 87.7 Å². The summed E-state index contributed by atoms with van der Waals surface area (Å²) in [4.78, 5) is 199. The fraction of sp³-hybridized carbons (Fsp3) is 0.542. The molecule has 0 saturated carbocycles. The first kappa shape index (κ1) is 78.6. The van der Waals surface area contributed by atoms with E-state index in [1.165, 1.54) is 19.1 Å². The molecule has 34 nitrogen and oxygen atoms in total. The van der Waals surface area contributed by atoms with Gasteiger partial charge in [0.25, 0.3) is 0 Å². The zero-order chi connectivity index (χ0) is 70.6. The van der Waals surface area contributed by atoms with Gasteiger partial charge in [0.2, 0.25) is 53.2 Å². The van der Waals surface area contributed by atoms with Gasteiger partial charge in [-0.2, -0.15) is 8.42 Å². The molecule has 35 heteroatoms. The number of nitrogens with two attached hydrogens (primary N) is 1. The minimum atomic E-state index is -4.94. The van der Waals surface area contributed by atoms with Gasteiger partial charge in [-0.25, -0.2) is 0 Å². The number of aldehydes is 1. The Morgan fingerprint density at radius 3 is 1.38 bits per heavy atom. The lowest BCUT2D eigenvalue weighted by Gasteiger charge is -2.33. The third kappa shape index (κ3) is 28.1. The maximum absolute atomic E-state index is 14.7. The predicted molar refractivity (Wildman–Crippen MR) is 325 cm³/mol. The molecule has 1 fully saturated rings. The third-order valence-electron chi connectivity index (χ3n) is 14.8. The second-order valence-corrected chi connectivity index (χ2v) is 23.8. The van der Waals surface area contributed by atoms with Crippen LogP contribution in [0.25, 0.3) is 0 Å². The molecule has 0 aliphatic carbocycles. The molecule has 1 saturated heterocycles. The summed E-state index contributed by atoms with van der Waals surface area (Å²) >= 11 is 0. The molecule has 11 atom stereocenters. The summed E-state index contributed by atoms with van der Waals surface area (Å²) in [6, 6.07) is -3.34. The highest BCUT2D eigenvalue weighted by atomic mass is 32.3. The summed E-state index contributed by atoms with van der Waals surface area (Å²) in [7, 11) is -4.94. The van der Waals surface area contributed by atoms with Crippen LogP contribution >= 0.6 is 0 Å². The molecule has 0 radical (unpaired) electrons. The summed E-state index contributed by atoms with van der Waals surface area (Å²) < 4.78 is 36.1. The molecule has 2 aromatic carbocycles. The third-order valence-corrected chi connectivity index (χ3v) is 15.2. The molecule has 1 aliphatic heterocycles. The summed E-state index contributed by atoms with van der Waals surface area (Å²) in [5, 5.41) is 67.0. The molecule has 16 N–H and O–H groups in total. The van der Waals surface area contributed by atoms with E-state index in [9.17, 15) is 106 Å². The number of nitrogens with zero attached hydrogens (tertiary/aromatic N) is 1. The van der Waals surface area contributed by atoms with E-state index >= 15 is 0 Å². The Bertz CT molecular complexity index is 3150. The number of benzene rings is 2. The summed E-state index contributed by atoms with van der Waals surface area (Å²) in [5.74, 6) is -18.3. The van der Waals surface area contributed by atoms with Crippen LogP contribution in [-0.4, -0.2) is 200 Å². The first-order valence-electron chi connectivity index (χ1n) is 29.9. The summed E-state index contributed by atoms with van der Waals surface area (Å²) in [6.07, 6.45) is -6.33. The largest absolute Gasteiger partial charge is 0.481 e. The highest BCUT2D eigenvalue weighted by molar-refractivity contribution is 7.81. The monoisotopic (exact) mass is 1350 g/mol. The standard InChI is InChI=1S/C59H82N10O24S/c1-5-32(4)50(68-55(85)41(20-24-48(77)78)63-52(82)38(17-21-45(71)72)64-57(87)43(27-33-10-7-6-8-11-33)66-51(81)37(60)29-49(79)80)59(89)69-25-9-12-44(69)58(88)65-40(19-23-47(75)76)53(83)62-39(18-22-46(73)74)54(84)67-42(56(86)61-35(30-70)26-31(2)3)28-34-13-15-36(16-14-34)93-94(90,91)92/h6-8,10-11,13-16,30-32,35,37-44,50H,5,9,12,17-29,60H2,1-4H3,(H,61,86)(H,62,83)(H,63,82)(H,64,87)(H,65,88)(H,66,81)(H,67,84)(H,68,85)(H,71,72)(H,73,74)(H,75,76)(H,77,78)(H,79,80)(H,90,91,92)/t32-,35-,37-,38-,39-,40-,41-,42-,43-,44-,50-/m0/s1. The Hall–Kier alpha value is -9.64. The van der Waals surface area contributed by atoms with Crippen LogP contribution in [0.3, 0.4) is 0 Å². The molecule has 0 bridgehead atoms. The molecule has 0 spiro atoms. The summed E-state index contributed by atoms with van der Waals surface area (Å²) in [5.41, 5.74) is 6.45. The van der Waals surface area contributed by atoms with Gasteiger partial charge in [-0.15, -0.1) is 0 Å². The number of hydrogen-bond donors (Lipinski definition) is 15. The Morgan fingerprint density at radius 1 is 0.564 bits per heavy atom. The fourth-order valence-corrected chi connectivity index (χ4v) is 10.1. The van der Waals surface area contributed by atoms with Crippen LogP contribution in [0.4, 0.5) is 0 Å². The van der Waals surface area contributed by atoms with Gasteiger partial charge in [0.15, 0.2) is 0 Å². The number of aliphatic carboxylic acids is 5. The quantitative estimate of drug-likeness (QED) is 0.0254. The average Bonchev–Trinajstić information content (AvgIpc) is 1.57. The number of likely N-dealkylation sites (tertiary alicyclic amines) is 1. The van der Waals surface area contributed by atoms with E-state index in [0.717, 1.165) is 17.0 Å². The van der Waals surface area contributed by atoms with Crippen LogP contribution in [0.1, 0.15) is 122 Å². The van der Waals surface area contributed by atoms with Gasteiger partial charge in [0.1, 0.15) is 60.4 Å².